The number of hydrogen-bond acceptors (Lipinski definition) is 17. The molecule has 9 N–H and O–H groups in total. The SMILES string of the molecule is NC(=O)c1ccc[n+]([C@@H]2O[C@H](COP(=O)([O-])OP(=O)(O)OC[C@H]3O[C@@H](n4c(-c5ccccc5)nc5c(N)ncnc54)[C@H](O)[C@@H]3O)[C@@H](O)[C@H]2O)c1. The molecule has 2 unspecified atom stereocenters. The summed E-state index contributed by atoms with van der Waals surface area (Å²) >= 11 is 0. The normalized spacial score (nSPS) is 29.2. The first-order valence-electron chi connectivity index (χ1n) is 14.7. The molecule has 0 bridgehead atoms. The number of pyridine rings is 1. The zero-order chi connectivity index (χ0) is 36.0. The Labute approximate surface area is 281 Å². The summed E-state index contributed by atoms with van der Waals surface area (Å²) in [6.45, 7) is -1.92. The minimum Gasteiger partial charge on any atom is -0.756 e. The summed E-state index contributed by atoms with van der Waals surface area (Å²) in [5, 5.41) is 42.5. The molecule has 2 fully saturated rings. The number of hydrogen-bond donors (Lipinski definition) is 7. The number of rotatable bonds is 12. The molecule has 3 aromatic heterocycles. The number of primary amides is 1. The Morgan fingerprint density at radius 2 is 1.64 bits per heavy atom. The Morgan fingerprint density at radius 1 is 0.960 bits per heavy atom. The number of phosphoric ester groups is 2. The van der Waals surface area contributed by atoms with Gasteiger partial charge in [0.05, 0.1) is 13.2 Å². The van der Waals surface area contributed by atoms with Crippen LogP contribution >= 0.6 is 15.6 Å². The predicted molar refractivity (Wildman–Crippen MR) is 163 cm³/mol. The minimum absolute atomic E-state index is 0.0281. The van der Waals surface area contributed by atoms with Crippen LogP contribution in [0.3, 0.4) is 0 Å². The van der Waals surface area contributed by atoms with Crippen molar-refractivity contribution in [3.05, 3.63) is 66.7 Å². The van der Waals surface area contributed by atoms with Crippen molar-refractivity contribution in [2.75, 3.05) is 18.9 Å². The molecule has 0 radical (unpaired) electrons. The number of aliphatic hydroxyl groups is 4. The van der Waals surface area contributed by atoms with E-state index in [-0.39, 0.29) is 28.4 Å². The van der Waals surface area contributed by atoms with Crippen LogP contribution in [0.4, 0.5) is 5.82 Å². The van der Waals surface area contributed by atoms with Crippen molar-refractivity contribution in [1.29, 1.82) is 0 Å². The zero-order valence-electron chi connectivity index (χ0n) is 25.5. The highest BCUT2D eigenvalue weighted by Crippen LogP contribution is 2.58. The average molecular weight is 740 g/mol. The maximum Gasteiger partial charge on any atom is 0.478 e. The maximum absolute atomic E-state index is 12.6. The van der Waals surface area contributed by atoms with Gasteiger partial charge in [0.2, 0.25) is 0 Å². The number of benzene rings is 1. The van der Waals surface area contributed by atoms with Gasteiger partial charge in [0, 0.05) is 11.6 Å². The number of nitrogens with zero attached hydrogens (tertiary/aromatic N) is 5. The van der Waals surface area contributed by atoms with Gasteiger partial charge in [-0.25, -0.2) is 23.8 Å². The van der Waals surface area contributed by atoms with E-state index in [0.717, 1.165) is 6.33 Å². The first-order valence-corrected chi connectivity index (χ1v) is 17.6. The third kappa shape index (κ3) is 7.32. The highest BCUT2D eigenvalue weighted by Gasteiger charge is 2.49. The molecule has 0 saturated carbocycles. The summed E-state index contributed by atoms with van der Waals surface area (Å²) in [5.41, 5.74) is 12.2. The van der Waals surface area contributed by atoms with Gasteiger partial charge in [0.25, 0.3) is 20.0 Å². The molecular weight excluding hydrogens is 708 g/mol. The van der Waals surface area contributed by atoms with Crippen LogP contribution in [0.2, 0.25) is 0 Å². The fraction of sp³-hybridized carbons (Fsp3) is 0.370. The Bertz CT molecular complexity index is 1970. The van der Waals surface area contributed by atoms with E-state index >= 15 is 0 Å². The van der Waals surface area contributed by atoms with Crippen LogP contribution in [0, 0.1) is 0 Å². The van der Waals surface area contributed by atoms with E-state index in [0.29, 0.717) is 5.56 Å². The van der Waals surface area contributed by atoms with Crippen molar-refractivity contribution < 1.29 is 71.5 Å². The minimum atomic E-state index is -5.66. The van der Waals surface area contributed by atoms with Gasteiger partial charge in [-0.1, -0.05) is 30.3 Å². The molecule has 0 aliphatic carbocycles. The van der Waals surface area contributed by atoms with Crippen LogP contribution in [0.15, 0.2) is 61.2 Å². The van der Waals surface area contributed by atoms with E-state index in [1.165, 1.54) is 33.7 Å². The molecule has 23 heteroatoms. The quantitative estimate of drug-likeness (QED) is 0.0611. The second-order valence-corrected chi connectivity index (χ2v) is 14.2. The maximum atomic E-state index is 12.6. The Hall–Kier alpha value is -3.79. The van der Waals surface area contributed by atoms with Crippen molar-refractivity contribution in [2.24, 2.45) is 5.73 Å². The second kappa shape index (κ2) is 14.1. The Balaban J connectivity index is 1.09. The van der Waals surface area contributed by atoms with Gasteiger partial charge >= 0.3 is 7.82 Å². The largest absolute Gasteiger partial charge is 0.756 e. The predicted octanol–water partition coefficient (Wildman–Crippen LogP) is -1.98. The lowest BCUT2D eigenvalue weighted by molar-refractivity contribution is -0.765. The van der Waals surface area contributed by atoms with E-state index in [2.05, 4.69) is 23.8 Å². The molecule has 4 aromatic rings. The molecule has 0 spiro atoms. The van der Waals surface area contributed by atoms with Gasteiger partial charge in [-0.05, 0) is 6.07 Å². The van der Waals surface area contributed by atoms with Gasteiger partial charge < -0.3 is 55.7 Å². The fourth-order valence-corrected chi connectivity index (χ4v) is 7.51. The van der Waals surface area contributed by atoms with E-state index in [1.807, 2.05) is 0 Å². The van der Waals surface area contributed by atoms with Crippen LogP contribution in [0.25, 0.3) is 22.6 Å². The molecule has 10 atom stereocenters. The molecule has 2 aliphatic rings. The standard InChI is InChI=1S/C27H31N7O14P2/c28-22-17-25(31-12-30-22)34(24(32-17)13-5-2-1-3-6-13)27-21(38)19(36)16(47-27)11-45-50(42,43)48-49(40,41)44-10-15-18(35)20(37)26(46-15)33-8-4-7-14(9-33)23(29)39/h1-9,12,15-16,18-21,26-27,35-38H,10-11H2,(H5-,28,29,30,31,39,40,41,42,43)/t15-,16-,18-,19-,20-,21-,26-,27-/m1/s1. The summed E-state index contributed by atoms with van der Waals surface area (Å²) in [6.07, 6.45) is -8.55. The number of anilines is 1. The van der Waals surface area contributed by atoms with Crippen molar-refractivity contribution in [3.63, 3.8) is 0 Å². The molecule has 5 heterocycles. The number of fused-ring (bicyclic) bond motifs is 1. The molecule has 1 amide bonds. The first kappa shape index (κ1) is 36.0. The third-order valence-electron chi connectivity index (χ3n) is 7.87. The monoisotopic (exact) mass is 739 g/mol. The van der Waals surface area contributed by atoms with Crippen LogP contribution in [-0.2, 0) is 32.0 Å². The van der Waals surface area contributed by atoms with E-state index in [4.69, 9.17) is 25.5 Å². The van der Waals surface area contributed by atoms with Crippen molar-refractivity contribution in [3.8, 4) is 11.4 Å². The molecule has 268 valence electrons. The summed E-state index contributed by atoms with van der Waals surface area (Å²) in [4.78, 5) is 46.7. The number of carbonyl (C=O) groups excluding carboxylic acids is 1. The number of aliphatic hydroxyl groups excluding tert-OH is 4. The number of carbonyl (C=O) groups is 1. The molecule has 2 aliphatic heterocycles. The van der Waals surface area contributed by atoms with Gasteiger partial charge in [-0.3, -0.25) is 18.5 Å². The summed E-state index contributed by atoms with van der Waals surface area (Å²) < 4.78 is 52.6. The Morgan fingerprint density at radius 3 is 2.36 bits per heavy atom. The van der Waals surface area contributed by atoms with E-state index < -0.39 is 83.8 Å². The molecule has 1 aromatic carbocycles. The van der Waals surface area contributed by atoms with Gasteiger partial charge in [0.15, 0.2) is 41.7 Å². The summed E-state index contributed by atoms with van der Waals surface area (Å²) in [6, 6.07) is 11.5. The number of nitrogen functional groups attached to an aromatic ring is 1. The van der Waals surface area contributed by atoms with Crippen LogP contribution in [0.1, 0.15) is 22.8 Å². The van der Waals surface area contributed by atoms with Crippen molar-refractivity contribution in [1.82, 2.24) is 19.5 Å². The first-order chi connectivity index (χ1) is 23.7. The third-order valence-corrected chi connectivity index (χ3v) is 10.4. The lowest BCUT2D eigenvalue weighted by atomic mass is 10.1. The summed E-state index contributed by atoms with van der Waals surface area (Å²) in [5.74, 6) is -0.512. The second-order valence-electron chi connectivity index (χ2n) is 11.2. The number of amides is 1. The highest BCUT2D eigenvalue weighted by atomic mass is 31.3. The number of phosphoric acid groups is 2. The molecule has 2 saturated heterocycles. The molecular formula is C27H31N7O14P2. The van der Waals surface area contributed by atoms with Gasteiger partial charge in [-0.2, -0.15) is 4.57 Å². The van der Waals surface area contributed by atoms with Crippen LogP contribution in [-0.4, -0.2) is 101 Å². The molecule has 6 rings (SSSR count). The van der Waals surface area contributed by atoms with Crippen molar-refractivity contribution >= 4 is 38.5 Å². The molecule has 50 heavy (non-hydrogen) atoms. The lowest BCUT2D eigenvalue weighted by Crippen LogP contribution is -2.46. The lowest BCUT2D eigenvalue weighted by Gasteiger charge is -2.26. The van der Waals surface area contributed by atoms with Gasteiger partial charge in [0.1, 0.15) is 48.2 Å². The Kier molecular flexibility index (Phi) is 10.1. The number of nitrogens with two attached hydrogens (primary N) is 2. The summed E-state index contributed by atoms with van der Waals surface area (Å²) in [7, 11) is -11.1. The van der Waals surface area contributed by atoms with E-state index in [9.17, 15) is 44.1 Å². The topological polar surface area (TPSA) is 321 Å². The smallest absolute Gasteiger partial charge is 0.478 e. The average Bonchev–Trinajstić information content (AvgIpc) is 3.70. The van der Waals surface area contributed by atoms with E-state index in [1.54, 1.807) is 30.3 Å². The fourth-order valence-electron chi connectivity index (χ4n) is 5.45. The van der Waals surface area contributed by atoms with Crippen molar-refractivity contribution in [2.45, 2.75) is 49.1 Å². The zero-order valence-corrected chi connectivity index (χ0v) is 27.3. The van der Waals surface area contributed by atoms with Crippen LogP contribution < -0.4 is 20.9 Å². The number of ether oxygens (including phenoxy) is 2. The van der Waals surface area contributed by atoms with Crippen LogP contribution in [0.5, 0.6) is 0 Å². The number of imidazole rings is 1. The number of aromatic nitrogens is 5. The highest BCUT2D eigenvalue weighted by molar-refractivity contribution is 7.60. The molecule has 21 nitrogen and oxygen atoms in total. The van der Waals surface area contributed by atoms with Gasteiger partial charge in [-0.15, -0.1) is 0 Å².